The molecular formula is C12H17ClN2O3. The predicted molar refractivity (Wildman–Crippen MR) is 72.1 cm³/mol. The summed E-state index contributed by atoms with van der Waals surface area (Å²) in [7, 11) is 0. The van der Waals surface area contributed by atoms with E-state index in [1.807, 2.05) is 13.8 Å². The summed E-state index contributed by atoms with van der Waals surface area (Å²) in [6.07, 6.45) is 1.31. The minimum Gasteiger partial charge on any atom is -0.394 e. The van der Waals surface area contributed by atoms with Gasteiger partial charge in [0.05, 0.1) is 17.1 Å². The molecule has 0 aromatic heterocycles. The van der Waals surface area contributed by atoms with Crippen molar-refractivity contribution >= 4 is 23.0 Å². The van der Waals surface area contributed by atoms with Gasteiger partial charge in [-0.15, -0.1) is 0 Å². The molecule has 1 aromatic carbocycles. The number of aliphatic hydroxyl groups is 1. The molecule has 0 spiro atoms. The van der Waals surface area contributed by atoms with E-state index in [1.165, 1.54) is 6.07 Å². The van der Waals surface area contributed by atoms with Crippen LogP contribution in [-0.2, 0) is 0 Å². The third-order valence-corrected chi connectivity index (χ3v) is 3.53. The molecule has 0 unspecified atom stereocenters. The van der Waals surface area contributed by atoms with Gasteiger partial charge in [0.15, 0.2) is 0 Å². The number of rotatable bonds is 6. The molecule has 0 saturated carbocycles. The van der Waals surface area contributed by atoms with Crippen LogP contribution in [0.1, 0.15) is 26.7 Å². The third kappa shape index (κ3) is 2.91. The van der Waals surface area contributed by atoms with Gasteiger partial charge in [-0.3, -0.25) is 10.1 Å². The van der Waals surface area contributed by atoms with Gasteiger partial charge in [-0.1, -0.05) is 31.5 Å². The van der Waals surface area contributed by atoms with Gasteiger partial charge in [0.25, 0.3) is 0 Å². The number of nitro benzene ring substituents is 1. The van der Waals surface area contributed by atoms with Crippen LogP contribution in [0.5, 0.6) is 0 Å². The molecule has 6 heteroatoms. The maximum Gasteiger partial charge on any atom is 0.310 e. The van der Waals surface area contributed by atoms with Crippen LogP contribution >= 0.6 is 11.6 Å². The lowest BCUT2D eigenvalue weighted by Crippen LogP contribution is -2.41. The van der Waals surface area contributed by atoms with Crippen molar-refractivity contribution in [2.75, 3.05) is 11.9 Å². The molecule has 0 aliphatic carbocycles. The van der Waals surface area contributed by atoms with Crippen molar-refractivity contribution in [1.29, 1.82) is 0 Å². The lowest BCUT2D eigenvalue weighted by molar-refractivity contribution is -0.383. The summed E-state index contributed by atoms with van der Waals surface area (Å²) in [6.45, 7) is 3.75. The number of hydrogen-bond donors (Lipinski definition) is 2. The lowest BCUT2D eigenvalue weighted by atomic mass is 9.93. The van der Waals surface area contributed by atoms with Gasteiger partial charge < -0.3 is 10.4 Å². The van der Waals surface area contributed by atoms with E-state index in [9.17, 15) is 15.2 Å². The molecule has 0 atom stereocenters. The van der Waals surface area contributed by atoms with Crippen LogP contribution in [0.25, 0.3) is 0 Å². The summed E-state index contributed by atoms with van der Waals surface area (Å²) in [5.74, 6) is 0. The van der Waals surface area contributed by atoms with E-state index in [4.69, 9.17) is 11.6 Å². The molecule has 1 rings (SSSR count). The molecule has 5 nitrogen and oxygen atoms in total. The number of hydrogen-bond acceptors (Lipinski definition) is 4. The predicted octanol–water partition coefficient (Wildman–Crippen LogP) is 3.21. The second-order valence-electron chi connectivity index (χ2n) is 4.16. The van der Waals surface area contributed by atoms with Crippen LogP contribution < -0.4 is 5.32 Å². The second kappa shape index (κ2) is 6.02. The molecule has 0 saturated heterocycles. The van der Waals surface area contributed by atoms with E-state index in [0.29, 0.717) is 18.5 Å². The maximum absolute atomic E-state index is 11.0. The first-order valence-corrected chi connectivity index (χ1v) is 6.19. The zero-order chi connectivity index (χ0) is 13.8. The molecule has 0 amide bonds. The number of halogens is 1. The van der Waals surface area contributed by atoms with Gasteiger partial charge in [0.2, 0.25) is 0 Å². The van der Waals surface area contributed by atoms with Gasteiger partial charge in [0.1, 0.15) is 10.7 Å². The molecule has 1 aromatic rings. The second-order valence-corrected chi connectivity index (χ2v) is 4.57. The third-order valence-electron chi connectivity index (χ3n) is 3.23. The van der Waals surface area contributed by atoms with Crippen molar-refractivity contribution in [3.05, 3.63) is 33.3 Å². The van der Waals surface area contributed by atoms with Gasteiger partial charge >= 0.3 is 5.69 Å². The highest BCUT2D eigenvalue weighted by Crippen LogP contribution is 2.35. The monoisotopic (exact) mass is 272 g/mol. The van der Waals surface area contributed by atoms with E-state index in [2.05, 4.69) is 5.32 Å². The average Bonchev–Trinajstić information content (AvgIpc) is 2.35. The highest BCUT2D eigenvalue weighted by molar-refractivity contribution is 6.33. The summed E-state index contributed by atoms with van der Waals surface area (Å²) in [6, 6.07) is 4.72. The summed E-state index contributed by atoms with van der Waals surface area (Å²) in [5, 5.41) is 23.6. The molecule has 0 aliphatic heterocycles. The smallest absolute Gasteiger partial charge is 0.310 e. The van der Waals surface area contributed by atoms with Crippen LogP contribution in [0.4, 0.5) is 11.4 Å². The lowest BCUT2D eigenvalue weighted by Gasteiger charge is -2.31. The maximum atomic E-state index is 11.0. The SMILES string of the molecule is CCC(CC)(CO)Nc1cccc(Cl)c1[N+](=O)[O-]. The first-order valence-electron chi connectivity index (χ1n) is 5.81. The zero-order valence-electron chi connectivity index (χ0n) is 10.4. The standard InChI is InChI=1S/C12H17ClN2O3/c1-3-12(4-2,8-16)14-10-7-5-6-9(13)11(10)15(17)18/h5-7,14,16H,3-4,8H2,1-2H3. The minimum absolute atomic E-state index is 0.0871. The summed E-state index contributed by atoms with van der Waals surface area (Å²) in [4.78, 5) is 10.5. The number of nitro groups is 1. The fourth-order valence-corrected chi connectivity index (χ4v) is 2.02. The molecule has 2 N–H and O–H groups in total. The number of benzene rings is 1. The number of nitrogens with zero attached hydrogens (tertiary/aromatic N) is 1. The molecule has 100 valence electrons. The number of aliphatic hydroxyl groups excluding tert-OH is 1. The van der Waals surface area contributed by atoms with Crippen LogP contribution in [0.2, 0.25) is 5.02 Å². The average molecular weight is 273 g/mol. The van der Waals surface area contributed by atoms with Crippen molar-refractivity contribution in [2.45, 2.75) is 32.2 Å². The molecule has 0 bridgehead atoms. The Bertz CT molecular complexity index is 425. The fraction of sp³-hybridized carbons (Fsp3) is 0.500. The highest BCUT2D eigenvalue weighted by atomic mass is 35.5. The topological polar surface area (TPSA) is 75.4 Å². The van der Waals surface area contributed by atoms with Crippen LogP contribution in [0, 0.1) is 10.1 Å². The van der Waals surface area contributed by atoms with Gasteiger partial charge in [0, 0.05) is 0 Å². The Hall–Kier alpha value is -1.33. The molecule has 0 heterocycles. The summed E-state index contributed by atoms with van der Waals surface area (Å²) < 4.78 is 0. The molecule has 0 fully saturated rings. The van der Waals surface area contributed by atoms with Crippen LogP contribution in [0.3, 0.4) is 0 Å². The molecule has 0 aliphatic rings. The largest absolute Gasteiger partial charge is 0.394 e. The first-order chi connectivity index (χ1) is 8.49. The molecule has 18 heavy (non-hydrogen) atoms. The van der Waals surface area contributed by atoms with Crippen molar-refractivity contribution in [3.8, 4) is 0 Å². The van der Waals surface area contributed by atoms with E-state index in [1.54, 1.807) is 12.1 Å². The van der Waals surface area contributed by atoms with E-state index in [0.717, 1.165) is 0 Å². The number of para-hydroxylation sites is 1. The molecule has 0 radical (unpaired) electrons. The highest BCUT2D eigenvalue weighted by Gasteiger charge is 2.29. The zero-order valence-corrected chi connectivity index (χ0v) is 11.2. The molecular weight excluding hydrogens is 256 g/mol. The Balaban J connectivity index is 3.18. The van der Waals surface area contributed by atoms with E-state index >= 15 is 0 Å². The minimum atomic E-state index is -0.560. The van der Waals surface area contributed by atoms with Crippen molar-refractivity contribution < 1.29 is 10.0 Å². The van der Waals surface area contributed by atoms with E-state index in [-0.39, 0.29) is 17.3 Å². The van der Waals surface area contributed by atoms with Crippen molar-refractivity contribution in [2.24, 2.45) is 0 Å². The van der Waals surface area contributed by atoms with Crippen molar-refractivity contribution in [1.82, 2.24) is 0 Å². The summed E-state index contributed by atoms with van der Waals surface area (Å²) in [5.41, 5.74) is -0.376. The summed E-state index contributed by atoms with van der Waals surface area (Å²) >= 11 is 5.84. The van der Waals surface area contributed by atoms with Gasteiger partial charge in [-0.25, -0.2) is 0 Å². The number of anilines is 1. The Morgan fingerprint density at radius 2 is 2.06 bits per heavy atom. The Morgan fingerprint density at radius 1 is 1.44 bits per heavy atom. The Kier molecular flexibility index (Phi) is 4.93. The van der Waals surface area contributed by atoms with Crippen LogP contribution in [-0.4, -0.2) is 22.2 Å². The van der Waals surface area contributed by atoms with Gasteiger partial charge in [-0.2, -0.15) is 0 Å². The Morgan fingerprint density at radius 3 is 2.50 bits per heavy atom. The first kappa shape index (κ1) is 14.7. The number of nitrogens with one attached hydrogen (secondary N) is 1. The van der Waals surface area contributed by atoms with Crippen molar-refractivity contribution in [3.63, 3.8) is 0 Å². The van der Waals surface area contributed by atoms with Gasteiger partial charge in [-0.05, 0) is 25.0 Å². The van der Waals surface area contributed by atoms with E-state index < -0.39 is 10.5 Å². The normalized spacial score (nSPS) is 11.3. The fourth-order valence-electron chi connectivity index (χ4n) is 1.78. The Labute approximate surface area is 111 Å². The quantitative estimate of drug-likeness (QED) is 0.616. The van der Waals surface area contributed by atoms with Crippen LogP contribution in [0.15, 0.2) is 18.2 Å².